The highest BCUT2D eigenvalue weighted by molar-refractivity contribution is 8.00. The van der Waals surface area contributed by atoms with Crippen LogP contribution in [0.3, 0.4) is 0 Å². The fourth-order valence-electron chi connectivity index (χ4n) is 1.96. The zero-order valence-corrected chi connectivity index (χ0v) is 11.1. The Morgan fingerprint density at radius 3 is 3.12 bits per heavy atom. The number of fused-ring (bicyclic) bond motifs is 1. The van der Waals surface area contributed by atoms with Gasteiger partial charge in [-0.05, 0) is 31.5 Å². The van der Waals surface area contributed by atoms with Crippen LogP contribution in [0.2, 0.25) is 0 Å². The maximum Gasteiger partial charge on any atom is 0.234 e. The molecule has 92 valence electrons. The summed E-state index contributed by atoms with van der Waals surface area (Å²) in [7, 11) is 0. The van der Waals surface area contributed by atoms with E-state index in [-0.39, 0.29) is 5.91 Å². The SMILES string of the molecule is CCCC(C)Nc1ccc2c(c1)NC(=O)CS2. The van der Waals surface area contributed by atoms with Crippen LogP contribution >= 0.6 is 11.8 Å². The molecule has 1 aliphatic heterocycles. The van der Waals surface area contributed by atoms with Crippen LogP contribution in [0.4, 0.5) is 11.4 Å². The van der Waals surface area contributed by atoms with Crippen LogP contribution in [-0.2, 0) is 4.79 Å². The molecule has 0 fully saturated rings. The minimum atomic E-state index is 0.0845. The fraction of sp³-hybridized carbons (Fsp3) is 0.462. The summed E-state index contributed by atoms with van der Waals surface area (Å²) in [6.07, 6.45) is 2.32. The molecular formula is C13H18N2OS. The summed E-state index contributed by atoms with van der Waals surface area (Å²) in [4.78, 5) is 12.5. The van der Waals surface area contributed by atoms with Gasteiger partial charge in [-0.2, -0.15) is 0 Å². The first-order valence-electron chi connectivity index (χ1n) is 6.02. The van der Waals surface area contributed by atoms with Crippen molar-refractivity contribution in [2.75, 3.05) is 16.4 Å². The first kappa shape index (κ1) is 12.3. The third-order valence-electron chi connectivity index (χ3n) is 2.75. The topological polar surface area (TPSA) is 41.1 Å². The number of rotatable bonds is 4. The molecule has 0 aromatic heterocycles. The van der Waals surface area contributed by atoms with Crippen LogP contribution in [0.15, 0.2) is 23.1 Å². The highest BCUT2D eigenvalue weighted by Crippen LogP contribution is 2.33. The number of carbonyl (C=O) groups is 1. The van der Waals surface area contributed by atoms with Crippen LogP contribution < -0.4 is 10.6 Å². The maximum absolute atomic E-state index is 11.3. The van der Waals surface area contributed by atoms with Crippen molar-refractivity contribution in [3.05, 3.63) is 18.2 Å². The minimum Gasteiger partial charge on any atom is -0.383 e. The standard InChI is InChI=1S/C13H18N2OS/c1-3-4-9(2)14-10-5-6-12-11(7-10)15-13(16)8-17-12/h5-7,9,14H,3-4,8H2,1-2H3,(H,15,16). The Morgan fingerprint density at radius 1 is 1.53 bits per heavy atom. The van der Waals surface area contributed by atoms with Gasteiger partial charge in [-0.25, -0.2) is 0 Å². The lowest BCUT2D eigenvalue weighted by Crippen LogP contribution is -2.19. The van der Waals surface area contributed by atoms with Gasteiger partial charge in [0, 0.05) is 16.6 Å². The van der Waals surface area contributed by atoms with Gasteiger partial charge in [0.2, 0.25) is 5.91 Å². The van der Waals surface area contributed by atoms with Crippen molar-refractivity contribution >= 4 is 29.0 Å². The van der Waals surface area contributed by atoms with E-state index in [1.807, 2.05) is 6.07 Å². The lowest BCUT2D eigenvalue weighted by Gasteiger charge is -2.19. The Morgan fingerprint density at radius 2 is 2.35 bits per heavy atom. The number of anilines is 2. The predicted molar refractivity (Wildman–Crippen MR) is 73.8 cm³/mol. The lowest BCUT2D eigenvalue weighted by molar-refractivity contribution is -0.113. The summed E-state index contributed by atoms with van der Waals surface area (Å²) in [6.45, 7) is 4.36. The van der Waals surface area contributed by atoms with Crippen molar-refractivity contribution in [3.8, 4) is 0 Å². The highest BCUT2D eigenvalue weighted by Gasteiger charge is 2.15. The molecule has 0 bridgehead atoms. The average molecular weight is 250 g/mol. The largest absolute Gasteiger partial charge is 0.383 e. The second-order valence-electron chi connectivity index (χ2n) is 4.38. The van der Waals surface area contributed by atoms with E-state index < -0.39 is 0 Å². The number of amides is 1. The number of benzene rings is 1. The third kappa shape index (κ3) is 3.16. The van der Waals surface area contributed by atoms with E-state index in [4.69, 9.17) is 0 Å². The molecule has 0 aliphatic carbocycles. The van der Waals surface area contributed by atoms with Crippen LogP contribution in [0, 0.1) is 0 Å². The number of hydrogen-bond donors (Lipinski definition) is 2. The molecule has 0 radical (unpaired) electrons. The number of nitrogens with one attached hydrogen (secondary N) is 2. The van der Waals surface area contributed by atoms with Gasteiger partial charge in [0.05, 0.1) is 11.4 Å². The summed E-state index contributed by atoms with van der Waals surface area (Å²) >= 11 is 1.59. The lowest BCUT2D eigenvalue weighted by atomic mass is 10.2. The molecule has 0 spiro atoms. The Balaban J connectivity index is 2.10. The van der Waals surface area contributed by atoms with E-state index >= 15 is 0 Å². The second kappa shape index (κ2) is 5.45. The molecule has 1 atom stereocenters. The van der Waals surface area contributed by atoms with Crippen molar-refractivity contribution in [2.45, 2.75) is 37.6 Å². The Bertz CT molecular complexity index is 420. The molecule has 2 N–H and O–H groups in total. The van der Waals surface area contributed by atoms with Crippen molar-refractivity contribution in [3.63, 3.8) is 0 Å². The van der Waals surface area contributed by atoms with Gasteiger partial charge in [-0.1, -0.05) is 13.3 Å². The van der Waals surface area contributed by atoms with E-state index in [1.165, 1.54) is 6.42 Å². The first-order valence-corrected chi connectivity index (χ1v) is 7.01. The zero-order valence-electron chi connectivity index (χ0n) is 10.2. The third-order valence-corrected chi connectivity index (χ3v) is 3.82. The number of thioether (sulfide) groups is 1. The molecule has 2 rings (SSSR count). The van der Waals surface area contributed by atoms with E-state index in [1.54, 1.807) is 11.8 Å². The quantitative estimate of drug-likeness (QED) is 0.861. The van der Waals surface area contributed by atoms with Crippen molar-refractivity contribution in [1.29, 1.82) is 0 Å². The van der Waals surface area contributed by atoms with Crippen LogP contribution in [-0.4, -0.2) is 17.7 Å². The Labute approximate surface area is 106 Å². The molecule has 0 saturated carbocycles. The minimum absolute atomic E-state index is 0.0845. The number of hydrogen-bond acceptors (Lipinski definition) is 3. The van der Waals surface area contributed by atoms with Gasteiger partial charge in [-0.15, -0.1) is 11.8 Å². The molecule has 1 heterocycles. The molecule has 1 aromatic carbocycles. The summed E-state index contributed by atoms with van der Waals surface area (Å²) in [5.41, 5.74) is 2.01. The summed E-state index contributed by atoms with van der Waals surface area (Å²) in [5, 5.41) is 6.35. The predicted octanol–water partition coefficient (Wildman–Crippen LogP) is 3.33. The van der Waals surface area contributed by atoms with Gasteiger partial charge in [0.25, 0.3) is 0 Å². The Hall–Kier alpha value is -1.16. The van der Waals surface area contributed by atoms with Gasteiger partial charge in [0.15, 0.2) is 0 Å². The zero-order chi connectivity index (χ0) is 12.3. The smallest absolute Gasteiger partial charge is 0.234 e. The normalized spacial score (nSPS) is 16.0. The molecule has 1 unspecified atom stereocenters. The van der Waals surface area contributed by atoms with E-state index in [2.05, 4.69) is 36.6 Å². The molecule has 0 saturated heterocycles. The van der Waals surface area contributed by atoms with E-state index in [0.29, 0.717) is 11.8 Å². The second-order valence-corrected chi connectivity index (χ2v) is 5.40. The maximum atomic E-state index is 11.3. The first-order chi connectivity index (χ1) is 8.19. The summed E-state index contributed by atoms with van der Waals surface area (Å²) < 4.78 is 0. The Kier molecular flexibility index (Phi) is 3.94. The molecule has 1 amide bonds. The van der Waals surface area contributed by atoms with Gasteiger partial charge in [0.1, 0.15) is 0 Å². The molecule has 4 heteroatoms. The van der Waals surface area contributed by atoms with Crippen molar-refractivity contribution in [2.24, 2.45) is 0 Å². The van der Waals surface area contributed by atoms with Crippen molar-refractivity contribution < 1.29 is 4.79 Å². The summed E-state index contributed by atoms with van der Waals surface area (Å²) in [6, 6.07) is 6.63. The highest BCUT2D eigenvalue weighted by atomic mass is 32.2. The molecule has 3 nitrogen and oxygen atoms in total. The monoisotopic (exact) mass is 250 g/mol. The van der Waals surface area contributed by atoms with Crippen LogP contribution in [0.5, 0.6) is 0 Å². The van der Waals surface area contributed by atoms with Crippen LogP contribution in [0.1, 0.15) is 26.7 Å². The summed E-state index contributed by atoms with van der Waals surface area (Å²) in [5.74, 6) is 0.604. The van der Waals surface area contributed by atoms with E-state index in [0.717, 1.165) is 22.7 Å². The molecular weight excluding hydrogens is 232 g/mol. The van der Waals surface area contributed by atoms with Gasteiger partial charge in [-0.3, -0.25) is 4.79 Å². The van der Waals surface area contributed by atoms with E-state index in [9.17, 15) is 4.79 Å². The molecule has 1 aromatic rings. The van der Waals surface area contributed by atoms with Gasteiger partial charge < -0.3 is 10.6 Å². The van der Waals surface area contributed by atoms with Crippen molar-refractivity contribution in [1.82, 2.24) is 0 Å². The number of carbonyl (C=O) groups excluding carboxylic acids is 1. The molecule has 1 aliphatic rings. The average Bonchev–Trinajstić information content (AvgIpc) is 2.28. The fourth-order valence-corrected chi connectivity index (χ4v) is 2.75. The van der Waals surface area contributed by atoms with Gasteiger partial charge >= 0.3 is 0 Å². The van der Waals surface area contributed by atoms with Crippen LogP contribution in [0.25, 0.3) is 0 Å². The molecule has 17 heavy (non-hydrogen) atoms.